The fourth-order valence-electron chi connectivity index (χ4n) is 1.20. The zero-order chi connectivity index (χ0) is 8.39. The summed E-state index contributed by atoms with van der Waals surface area (Å²) in [4.78, 5) is 1.38. The first-order valence-corrected chi connectivity index (χ1v) is 4.79. The summed E-state index contributed by atoms with van der Waals surface area (Å²) >= 11 is 1.78. The topological polar surface area (TPSA) is 13.1 Å². The van der Waals surface area contributed by atoms with E-state index in [1.54, 1.807) is 17.6 Å². The summed E-state index contributed by atoms with van der Waals surface area (Å²) < 4.78 is 5.27. The van der Waals surface area contributed by atoms with E-state index in [0.29, 0.717) is 0 Å². The van der Waals surface area contributed by atoms with Gasteiger partial charge in [-0.15, -0.1) is 11.3 Å². The zero-order valence-corrected chi connectivity index (χ0v) is 7.73. The van der Waals surface area contributed by atoms with E-state index in [-0.39, 0.29) is 0 Å². The smallest absolute Gasteiger partial charge is 0.108 e. The van der Waals surface area contributed by atoms with E-state index in [1.807, 2.05) is 12.1 Å². The van der Waals surface area contributed by atoms with E-state index in [1.165, 1.54) is 10.4 Å². The van der Waals surface area contributed by atoms with Crippen molar-refractivity contribution < 1.29 is 4.42 Å². The summed E-state index contributed by atoms with van der Waals surface area (Å²) in [6.07, 6.45) is 2.64. The SMILES string of the molecule is Cc1sccc1Cc1ccco1. The number of hydrogen-bond donors (Lipinski definition) is 0. The van der Waals surface area contributed by atoms with Crippen molar-refractivity contribution in [2.24, 2.45) is 0 Å². The highest BCUT2D eigenvalue weighted by Gasteiger charge is 2.02. The standard InChI is InChI=1S/C10H10OS/c1-8-9(4-6-12-8)7-10-3-2-5-11-10/h2-6H,7H2,1H3. The van der Waals surface area contributed by atoms with Gasteiger partial charge in [-0.25, -0.2) is 0 Å². The summed E-state index contributed by atoms with van der Waals surface area (Å²) in [6.45, 7) is 2.14. The molecule has 0 bridgehead atoms. The molecule has 62 valence electrons. The summed E-state index contributed by atoms with van der Waals surface area (Å²) in [7, 11) is 0. The van der Waals surface area contributed by atoms with Gasteiger partial charge in [-0.1, -0.05) is 0 Å². The minimum Gasteiger partial charge on any atom is -0.469 e. The number of aryl methyl sites for hydroxylation is 1. The molecule has 0 aromatic carbocycles. The largest absolute Gasteiger partial charge is 0.469 e. The monoisotopic (exact) mass is 178 g/mol. The lowest BCUT2D eigenvalue weighted by molar-refractivity contribution is 0.521. The van der Waals surface area contributed by atoms with Crippen molar-refractivity contribution in [2.45, 2.75) is 13.3 Å². The van der Waals surface area contributed by atoms with Crippen LogP contribution < -0.4 is 0 Å². The van der Waals surface area contributed by atoms with Crippen LogP contribution in [0.2, 0.25) is 0 Å². The lowest BCUT2D eigenvalue weighted by Crippen LogP contribution is -1.83. The Morgan fingerprint density at radius 1 is 1.42 bits per heavy atom. The predicted molar refractivity (Wildman–Crippen MR) is 50.6 cm³/mol. The highest BCUT2D eigenvalue weighted by atomic mass is 32.1. The Balaban J connectivity index is 2.20. The first-order chi connectivity index (χ1) is 5.86. The highest BCUT2D eigenvalue weighted by molar-refractivity contribution is 7.10. The maximum absolute atomic E-state index is 5.27. The molecular weight excluding hydrogens is 168 g/mol. The van der Waals surface area contributed by atoms with Gasteiger partial charge in [-0.3, -0.25) is 0 Å². The van der Waals surface area contributed by atoms with E-state index >= 15 is 0 Å². The quantitative estimate of drug-likeness (QED) is 0.688. The molecule has 0 spiro atoms. The van der Waals surface area contributed by atoms with Crippen LogP contribution in [0.1, 0.15) is 16.2 Å². The summed E-state index contributed by atoms with van der Waals surface area (Å²) in [5, 5.41) is 2.12. The van der Waals surface area contributed by atoms with E-state index in [0.717, 1.165) is 12.2 Å². The molecule has 0 amide bonds. The molecule has 2 aromatic rings. The molecule has 2 rings (SSSR count). The Morgan fingerprint density at radius 3 is 2.92 bits per heavy atom. The molecule has 2 aromatic heterocycles. The molecule has 1 nitrogen and oxygen atoms in total. The summed E-state index contributed by atoms with van der Waals surface area (Å²) in [5.74, 6) is 1.04. The molecule has 0 N–H and O–H groups in total. The lowest BCUT2D eigenvalue weighted by Gasteiger charge is -1.94. The Bertz CT molecular complexity index is 346. The van der Waals surface area contributed by atoms with Gasteiger partial charge in [0.2, 0.25) is 0 Å². The highest BCUT2D eigenvalue weighted by Crippen LogP contribution is 2.18. The number of furan rings is 1. The first kappa shape index (κ1) is 7.62. The molecule has 2 heteroatoms. The molecular formula is C10H10OS. The second kappa shape index (κ2) is 3.15. The fourth-order valence-corrected chi connectivity index (χ4v) is 1.92. The molecule has 0 aliphatic rings. The van der Waals surface area contributed by atoms with E-state index < -0.39 is 0 Å². The van der Waals surface area contributed by atoms with Gasteiger partial charge in [0.05, 0.1) is 6.26 Å². The lowest BCUT2D eigenvalue weighted by atomic mass is 10.1. The van der Waals surface area contributed by atoms with Gasteiger partial charge in [-0.05, 0) is 36.1 Å². The van der Waals surface area contributed by atoms with Gasteiger partial charge in [0.15, 0.2) is 0 Å². The molecule has 0 aliphatic heterocycles. The Morgan fingerprint density at radius 2 is 2.33 bits per heavy atom. The van der Waals surface area contributed by atoms with Crippen molar-refractivity contribution in [3.8, 4) is 0 Å². The third kappa shape index (κ3) is 1.43. The number of hydrogen-bond acceptors (Lipinski definition) is 2. The van der Waals surface area contributed by atoms with Crippen LogP contribution in [-0.2, 0) is 6.42 Å². The van der Waals surface area contributed by atoms with Crippen molar-refractivity contribution in [2.75, 3.05) is 0 Å². The molecule has 0 saturated carbocycles. The molecule has 0 radical (unpaired) electrons. The van der Waals surface area contributed by atoms with Crippen molar-refractivity contribution >= 4 is 11.3 Å². The third-order valence-corrected chi connectivity index (χ3v) is 2.80. The van der Waals surface area contributed by atoms with Crippen molar-refractivity contribution in [1.82, 2.24) is 0 Å². The van der Waals surface area contributed by atoms with Crippen LogP contribution >= 0.6 is 11.3 Å². The molecule has 2 heterocycles. The van der Waals surface area contributed by atoms with Crippen LogP contribution in [0.15, 0.2) is 34.3 Å². The van der Waals surface area contributed by atoms with Crippen LogP contribution in [0.4, 0.5) is 0 Å². The van der Waals surface area contributed by atoms with Crippen LogP contribution in [-0.4, -0.2) is 0 Å². The third-order valence-electron chi connectivity index (χ3n) is 1.91. The second-order valence-corrected chi connectivity index (χ2v) is 3.88. The molecule has 0 unspecified atom stereocenters. The maximum atomic E-state index is 5.27. The Kier molecular flexibility index (Phi) is 2.00. The maximum Gasteiger partial charge on any atom is 0.108 e. The van der Waals surface area contributed by atoms with E-state index in [9.17, 15) is 0 Å². The molecule has 0 saturated heterocycles. The van der Waals surface area contributed by atoms with Gasteiger partial charge < -0.3 is 4.42 Å². The Hall–Kier alpha value is -1.02. The minimum absolute atomic E-state index is 0.919. The summed E-state index contributed by atoms with van der Waals surface area (Å²) in [5.41, 5.74) is 1.37. The second-order valence-electron chi connectivity index (χ2n) is 2.76. The van der Waals surface area contributed by atoms with Crippen LogP contribution in [0.3, 0.4) is 0 Å². The zero-order valence-electron chi connectivity index (χ0n) is 6.91. The predicted octanol–water partition coefficient (Wildman–Crippen LogP) is 3.24. The van der Waals surface area contributed by atoms with Gasteiger partial charge in [0, 0.05) is 11.3 Å². The van der Waals surface area contributed by atoms with Gasteiger partial charge in [-0.2, -0.15) is 0 Å². The van der Waals surface area contributed by atoms with Crippen LogP contribution in [0.25, 0.3) is 0 Å². The van der Waals surface area contributed by atoms with E-state index in [4.69, 9.17) is 4.42 Å². The summed E-state index contributed by atoms with van der Waals surface area (Å²) in [6, 6.07) is 6.09. The van der Waals surface area contributed by atoms with Crippen LogP contribution in [0.5, 0.6) is 0 Å². The molecule has 12 heavy (non-hydrogen) atoms. The van der Waals surface area contributed by atoms with Crippen molar-refractivity contribution in [3.63, 3.8) is 0 Å². The average molecular weight is 178 g/mol. The molecule has 0 fully saturated rings. The normalized spacial score (nSPS) is 10.4. The van der Waals surface area contributed by atoms with Crippen LogP contribution in [0, 0.1) is 6.92 Å². The Labute approximate surface area is 75.7 Å². The van der Waals surface area contributed by atoms with Crippen molar-refractivity contribution in [1.29, 1.82) is 0 Å². The number of rotatable bonds is 2. The molecule has 0 atom stereocenters. The average Bonchev–Trinajstić information content (AvgIpc) is 2.65. The van der Waals surface area contributed by atoms with Crippen molar-refractivity contribution in [3.05, 3.63) is 46.0 Å². The fraction of sp³-hybridized carbons (Fsp3) is 0.200. The molecule has 0 aliphatic carbocycles. The van der Waals surface area contributed by atoms with Gasteiger partial charge >= 0.3 is 0 Å². The van der Waals surface area contributed by atoms with Gasteiger partial charge in [0.1, 0.15) is 5.76 Å². The van der Waals surface area contributed by atoms with Gasteiger partial charge in [0.25, 0.3) is 0 Å². The minimum atomic E-state index is 0.919. The first-order valence-electron chi connectivity index (χ1n) is 3.91. The van der Waals surface area contributed by atoms with E-state index in [2.05, 4.69) is 18.4 Å². The number of thiophene rings is 1.